The third-order valence-electron chi connectivity index (χ3n) is 1.88. The number of nitrogens with zero attached hydrogens (tertiary/aromatic N) is 1. The minimum absolute atomic E-state index is 0.215. The molecule has 1 aromatic heterocycles. The third-order valence-corrected chi connectivity index (χ3v) is 1.88. The molecule has 0 bridgehead atoms. The summed E-state index contributed by atoms with van der Waals surface area (Å²) in [7, 11) is 1.50. The zero-order valence-electron chi connectivity index (χ0n) is 7.79. The molecule has 5 heteroatoms. The van der Waals surface area contributed by atoms with Gasteiger partial charge >= 0.3 is 0 Å². The second-order valence-electron chi connectivity index (χ2n) is 2.78. The Balaban J connectivity index is 3.21. The molecule has 1 atom stereocenters. The Labute approximate surface area is 75.4 Å². The fourth-order valence-electron chi connectivity index (χ4n) is 0.842. The molecule has 1 unspecified atom stereocenters. The molecule has 0 saturated heterocycles. The summed E-state index contributed by atoms with van der Waals surface area (Å²) in [5, 5.41) is 9.24. The molecule has 1 heterocycles. The molecule has 0 amide bonds. The Morgan fingerprint density at radius 2 is 2.23 bits per heavy atom. The first-order valence-corrected chi connectivity index (χ1v) is 3.88. The molecule has 13 heavy (non-hydrogen) atoms. The molecule has 0 radical (unpaired) electrons. The van der Waals surface area contributed by atoms with E-state index in [1.54, 1.807) is 6.92 Å². The molecule has 0 aliphatic heterocycles. The van der Waals surface area contributed by atoms with Crippen molar-refractivity contribution in [2.45, 2.75) is 20.0 Å². The van der Waals surface area contributed by atoms with E-state index in [0.29, 0.717) is 5.82 Å². The maximum absolute atomic E-state index is 11.2. The number of hydrogen-bond donors (Lipinski definition) is 2. The SMILES string of the molecule is COC(C)c1nc(O)c(C)c(=O)[nH]1. The van der Waals surface area contributed by atoms with E-state index in [9.17, 15) is 9.90 Å². The van der Waals surface area contributed by atoms with Crippen LogP contribution in [0.5, 0.6) is 5.88 Å². The summed E-state index contributed by atoms with van der Waals surface area (Å²) < 4.78 is 4.94. The Hall–Kier alpha value is -1.36. The van der Waals surface area contributed by atoms with E-state index in [4.69, 9.17) is 4.74 Å². The normalized spacial score (nSPS) is 12.8. The van der Waals surface area contributed by atoms with Gasteiger partial charge in [0.15, 0.2) is 0 Å². The van der Waals surface area contributed by atoms with Crippen molar-refractivity contribution in [3.63, 3.8) is 0 Å². The molecule has 0 spiro atoms. The van der Waals surface area contributed by atoms with E-state index < -0.39 is 0 Å². The monoisotopic (exact) mass is 184 g/mol. The van der Waals surface area contributed by atoms with E-state index in [1.807, 2.05) is 0 Å². The number of hydrogen-bond acceptors (Lipinski definition) is 4. The molecular weight excluding hydrogens is 172 g/mol. The van der Waals surface area contributed by atoms with Crippen LogP contribution < -0.4 is 5.56 Å². The van der Waals surface area contributed by atoms with Gasteiger partial charge in [-0.1, -0.05) is 0 Å². The molecule has 0 aliphatic carbocycles. The van der Waals surface area contributed by atoms with Crippen LogP contribution in [0.2, 0.25) is 0 Å². The maximum Gasteiger partial charge on any atom is 0.257 e. The van der Waals surface area contributed by atoms with Crippen molar-refractivity contribution in [1.29, 1.82) is 0 Å². The third kappa shape index (κ3) is 1.86. The van der Waals surface area contributed by atoms with Gasteiger partial charge in [0.1, 0.15) is 11.9 Å². The summed E-state index contributed by atoms with van der Waals surface area (Å²) in [6, 6.07) is 0. The molecule has 0 aliphatic rings. The lowest BCUT2D eigenvalue weighted by Gasteiger charge is -2.08. The minimum atomic E-state index is -0.341. The Bertz CT molecular complexity index is 359. The van der Waals surface area contributed by atoms with E-state index in [0.717, 1.165) is 0 Å². The number of H-pyrrole nitrogens is 1. The van der Waals surface area contributed by atoms with Gasteiger partial charge in [0.05, 0.1) is 5.56 Å². The maximum atomic E-state index is 11.2. The fraction of sp³-hybridized carbons (Fsp3) is 0.500. The molecule has 72 valence electrons. The van der Waals surface area contributed by atoms with Gasteiger partial charge in [-0.2, -0.15) is 4.98 Å². The van der Waals surface area contributed by atoms with Crippen LogP contribution >= 0.6 is 0 Å². The van der Waals surface area contributed by atoms with Crippen molar-refractivity contribution in [1.82, 2.24) is 9.97 Å². The van der Waals surface area contributed by atoms with Crippen LogP contribution in [0.25, 0.3) is 0 Å². The first-order chi connectivity index (χ1) is 6.06. The summed E-state index contributed by atoms with van der Waals surface area (Å²) >= 11 is 0. The number of ether oxygens (including phenoxy) is 1. The van der Waals surface area contributed by atoms with E-state index in [2.05, 4.69) is 9.97 Å². The summed E-state index contributed by atoms with van der Waals surface area (Å²) in [5.74, 6) is 0.0817. The van der Waals surface area contributed by atoms with Crippen LogP contribution in [0.15, 0.2) is 4.79 Å². The van der Waals surface area contributed by atoms with Crippen molar-refractivity contribution in [3.05, 3.63) is 21.7 Å². The lowest BCUT2D eigenvalue weighted by atomic mass is 10.3. The Kier molecular flexibility index (Phi) is 2.67. The van der Waals surface area contributed by atoms with Crippen molar-refractivity contribution in [2.24, 2.45) is 0 Å². The second kappa shape index (κ2) is 3.57. The number of methoxy groups -OCH3 is 1. The number of aromatic hydroxyl groups is 1. The van der Waals surface area contributed by atoms with Crippen molar-refractivity contribution >= 4 is 0 Å². The molecule has 2 N–H and O–H groups in total. The van der Waals surface area contributed by atoms with Crippen LogP contribution in [0.3, 0.4) is 0 Å². The van der Waals surface area contributed by atoms with Gasteiger partial charge in [-0.25, -0.2) is 0 Å². The first-order valence-electron chi connectivity index (χ1n) is 3.88. The zero-order valence-corrected chi connectivity index (χ0v) is 7.79. The first kappa shape index (κ1) is 9.73. The standard InChI is InChI=1S/C8H12N2O3/c1-4-7(11)9-6(5(2)13-3)10-8(4)12/h5H,1-3H3,(H2,9,10,11,12). The predicted octanol–water partition coefficient (Wildman–Crippen LogP) is 0.491. The smallest absolute Gasteiger partial charge is 0.257 e. The molecule has 0 saturated carbocycles. The van der Waals surface area contributed by atoms with E-state index in [-0.39, 0.29) is 23.1 Å². The van der Waals surface area contributed by atoms with Crippen LogP contribution in [0.4, 0.5) is 0 Å². The van der Waals surface area contributed by atoms with Crippen LogP contribution in [-0.4, -0.2) is 22.2 Å². The van der Waals surface area contributed by atoms with Gasteiger partial charge in [-0.05, 0) is 13.8 Å². The molecule has 1 rings (SSSR count). The average Bonchev–Trinajstić information content (AvgIpc) is 2.12. The molecule has 1 aromatic rings. The van der Waals surface area contributed by atoms with Gasteiger partial charge in [0.25, 0.3) is 5.56 Å². The quantitative estimate of drug-likeness (QED) is 0.701. The van der Waals surface area contributed by atoms with E-state index in [1.165, 1.54) is 14.0 Å². The highest BCUT2D eigenvalue weighted by Gasteiger charge is 2.10. The van der Waals surface area contributed by atoms with Crippen LogP contribution in [0.1, 0.15) is 24.4 Å². The Morgan fingerprint density at radius 1 is 1.62 bits per heavy atom. The molecular formula is C8H12N2O3. The zero-order chi connectivity index (χ0) is 10.0. The molecule has 0 fully saturated rings. The topological polar surface area (TPSA) is 75.2 Å². The summed E-state index contributed by atoms with van der Waals surface area (Å²) in [6.07, 6.45) is -0.334. The van der Waals surface area contributed by atoms with Crippen molar-refractivity contribution < 1.29 is 9.84 Å². The molecule has 0 aromatic carbocycles. The van der Waals surface area contributed by atoms with Gasteiger partial charge in [-0.3, -0.25) is 4.79 Å². The number of nitrogens with one attached hydrogen (secondary N) is 1. The number of aromatic nitrogens is 2. The highest BCUT2D eigenvalue weighted by atomic mass is 16.5. The predicted molar refractivity (Wildman–Crippen MR) is 46.7 cm³/mol. The number of rotatable bonds is 2. The summed E-state index contributed by atoms with van der Waals surface area (Å²) in [5.41, 5.74) is -0.126. The average molecular weight is 184 g/mol. The lowest BCUT2D eigenvalue weighted by Crippen LogP contribution is -2.16. The second-order valence-corrected chi connectivity index (χ2v) is 2.78. The Morgan fingerprint density at radius 3 is 2.69 bits per heavy atom. The fourth-order valence-corrected chi connectivity index (χ4v) is 0.842. The van der Waals surface area contributed by atoms with Gasteiger partial charge in [-0.15, -0.1) is 0 Å². The van der Waals surface area contributed by atoms with Crippen molar-refractivity contribution in [3.8, 4) is 5.88 Å². The number of aromatic amines is 1. The largest absolute Gasteiger partial charge is 0.493 e. The highest BCUT2D eigenvalue weighted by Crippen LogP contribution is 2.13. The summed E-state index contributed by atoms with van der Waals surface area (Å²) in [4.78, 5) is 17.5. The lowest BCUT2D eigenvalue weighted by molar-refractivity contribution is 0.111. The van der Waals surface area contributed by atoms with Crippen LogP contribution in [-0.2, 0) is 4.74 Å². The van der Waals surface area contributed by atoms with Gasteiger partial charge in [0.2, 0.25) is 5.88 Å². The van der Waals surface area contributed by atoms with Gasteiger partial charge in [0, 0.05) is 7.11 Å². The van der Waals surface area contributed by atoms with E-state index >= 15 is 0 Å². The van der Waals surface area contributed by atoms with Crippen molar-refractivity contribution in [2.75, 3.05) is 7.11 Å². The minimum Gasteiger partial charge on any atom is -0.493 e. The summed E-state index contributed by atoms with van der Waals surface area (Å²) in [6.45, 7) is 3.23. The van der Waals surface area contributed by atoms with Crippen LogP contribution in [0, 0.1) is 6.92 Å². The highest BCUT2D eigenvalue weighted by molar-refractivity contribution is 5.20. The van der Waals surface area contributed by atoms with Gasteiger partial charge < -0.3 is 14.8 Å². The molecule has 5 nitrogen and oxygen atoms in total.